The number of hydrogen-bond donors (Lipinski definition) is 2. The van der Waals surface area contributed by atoms with Crippen molar-refractivity contribution in [2.45, 2.75) is 13.0 Å². The van der Waals surface area contributed by atoms with Crippen LogP contribution in [0.25, 0.3) is 0 Å². The molecule has 1 aliphatic rings. The number of anilines is 1. The lowest BCUT2D eigenvalue weighted by Gasteiger charge is -2.11. The minimum Gasteiger partial charge on any atom is -0.505 e. The van der Waals surface area contributed by atoms with Crippen molar-refractivity contribution in [3.63, 3.8) is 0 Å². The highest BCUT2D eigenvalue weighted by atomic mass is 19.1. The number of hydrogen-bond acceptors (Lipinski definition) is 4. The first-order chi connectivity index (χ1) is 10.2. The van der Waals surface area contributed by atoms with E-state index in [0.29, 0.717) is 19.8 Å². The van der Waals surface area contributed by atoms with Crippen LogP contribution >= 0.6 is 0 Å². The third kappa shape index (κ3) is 3.18. The maximum atomic E-state index is 13.3. The first kappa shape index (κ1) is 13.5. The lowest BCUT2D eigenvalue weighted by molar-refractivity contribution is 0.297. The number of halogens is 1. The number of benzene rings is 2. The second kappa shape index (κ2) is 5.91. The van der Waals surface area contributed by atoms with Crippen molar-refractivity contribution < 1.29 is 19.0 Å². The molecule has 2 aromatic rings. The van der Waals surface area contributed by atoms with Gasteiger partial charge in [-0.3, -0.25) is 0 Å². The van der Waals surface area contributed by atoms with Gasteiger partial charge in [0, 0.05) is 24.7 Å². The molecule has 0 aliphatic carbocycles. The number of phenols is 1. The molecular formula is C16H16FNO3. The van der Waals surface area contributed by atoms with Crippen LogP contribution in [0.5, 0.6) is 17.2 Å². The van der Waals surface area contributed by atoms with E-state index in [0.717, 1.165) is 29.2 Å². The number of aromatic hydroxyl groups is 1. The highest BCUT2D eigenvalue weighted by Crippen LogP contribution is 2.32. The van der Waals surface area contributed by atoms with Gasteiger partial charge in [0.15, 0.2) is 23.1 Å². The number of rotatable bonds is 3. The van der Waals surface area contributed by atoms with Gasteiger partial charge in [-0.2, -0.15) is 0 Å². The van der Waals surface area contributed by atoms with E-state index in [1.54, 1.807) is 6.07 Å². The number of phenolic OH excluding ortho intramolecular Hbond substituents is 1. The molecule has 0 atom stereocenters. The molecule has 0 saturated heterocycles. The van der Waals surface area contributed by atoms with Gasteiger partial charge in [-0.1, -0.05) is 6.07 Å². The molecule has 0 saturated carbocycles. The fraction of sp³-hybridized carbons (Fsp3) is 0.250. The third-order valence-electron chi connectivity index (χ3n) is 3.26. The van der Waals surface area contributed by atoms with E-state index in [4.69, 9.17) is 14.6 Å². The Bertz CT molecular complexity index is 645. The second-order valence-corrected chi connectivity index (χ2v) is 4.85. The Morgan fingerprint density at radius 1 is 1.05 bits per heavy atom. The lowest BCUT2D eigenvalue weighted by atomic mass is 10.2. The highest BCUT2D eigenvalue weighted by molar-refractivity contribution is 5.55. The first-order valence-corrected chi connectivity index (χ1v) is 6.83. The molecule has 0 amide bonds. The average molecular weight is 289 g/mol. The first-order valence-electron chi connectivity index (χ1n) is 6.83. The molecule has 110 valence electrons. The number of fused-ring (bicyclic) bond motifs is 1. The molecule has 1 heterocycles. The predicted octanol–water partition coefficient (Wildman–Crippen LogP) is 3.30. The number of nitrogens with one attached hydrogen (secondary N) is 1. The van der Waals surface area contributed by atoms with Crippen molar-refractivity contribution in [2.75, 3.05) is 18.5 Å². The number of ether oxygens (including phenoxy) is 2. The van der Waals surface area contributed by atoms with Crippen LogP contribution in [0.1, 0.15) is 12.0 Å². The zero-order chi connectivity index (χ0) is 14.7. The topological polar surface area (TPSA) is 50.7 Å². The van der Waals surface area contributed by atoms with Crippen LogP contribution in [-0.4, -0.2) is 18.3 Å². The van der Waals surface area contributed by atoms with Crippen molar-refractivity contribution in [1.29, 1.82) is 0 Å². The molecule has 0 aromatic heterocycles. The van der Waals surface area contributed by atoms with Crippen molar-refractivity contribution in [3.05, 3.63) is 47.8 Å². The maximum absolute atomic E-state index is 13.3. The summed E-state index contributed by atoms with van der Waals surface area (Å²) < 4.78 is 24.4. The molecule has 5 heteroatoms. The summed E-state index contributed by atoms with van der Waals surface area (Å²) in [6.07, 6.45) is 0.865. The quantitative estimate of drug-likeness (QED) is 0.910. The van der Waals surface area contributed by atoms with Gasteiger partial charge in [-0.05, 0) is 29.8 Å². The van der Waals surface area contributed by atoms with Gasteiger partial charge in [-0.15, -0.1) is 0 Å². The second-order valence-electron chi connectivity index (χ2n) is 4.85. The Kier molecular flexibility index (Phi) is 3.81. The largest absolute Gasteiger partial charge is 0.505 e. The summed E-state index contributed by atoms with van der Waals surface area (Å²) in [5, 5.41) is 12.4. The SMILES string of the molecule is Oc1ccc(CNc2ccc3c(c2)OCCCO3)cc1F. The molecule has 0 spiro atoms. The monoisotopic (exact) mass is 289 g/mol. The molecule has 0 fully saturated rings. The van der Waals surface area contributed by atoms with Gasteiger partial charge in [0.1, 0.15) is 0 Å². The highest BCUT2D eigenvalue weighted by Gasteiger charge is 2.10. The summed E-state index contributed by atoms with van der Waals surface area (Å²) in [5.74, 6) is 0.505. The third-order valence-corrected chi connectivity index (χ3v) is 3.26. The molecule has 2 aromatic carbocycles. The molecule has 2 N–H and O–H groups in total. The Balaban J connectivity index is 1.70. The van der Waals surface area contributed by atoms with Crippen LogP contribution < -0.4 is 14.8 Å². The van der Waals surface area contributed by atoms with Crippen molar-refractivity contribution >= 4 is 5.69 Å². The molecule has 0 unspecified atom stereocenters. The van der Waals surface area contributed by atoms with E-state index >= 15 is 0 Å². The average Bonchev–Trinajstić information content (AvgIpc) is 2.73. The Morgan fingerprint density at radius 2 is 1.86 bits per heavy atom. The van der Waals surface area contributed by atoms with E-state index in [1.165, 1.54) is 12.1 Å². The van der Waals surface area contributed by atoms with Gasteiger partial charge in [0.2, 0.25) is 0 Å². The fourth-order valence-electron chi connectivity index (χ4n) is 2.14. The summed E-state index contributed by atoms with van der Waals surface area (Å²) in [4.78, 5) is 0. The van der Waals surface area contributed by atoms with E-state index in [1.807, 2.05) is 18.2 Å². The van der Waals surface area contributed by atoms with E-state index < -0.39 is 5.82 Å². The Morgan fingerprint density at radius 3 is 2.67 bits per heavy atom. The van der Waals surface area contributed by atoms with Gasteiger partial charge in [0.05, 0.1) is 13.2 Å². The van der Waals surface area contributed by atoms with Crippen LogP contribution in [0.2, 0.25) is 0 Å². The summed E-state index contributed by atoms with van der Waals surface area (Å²) in [6.45, 7) is 1.75. The standard InChI is InChI=1S/C16H16FNO3/c17-13-8-11(2-4-14(13)19)10-18-12-3-5-15-16(9-12)21-7-1-6-20-15/h2-5,8-9,18-19H,1,6-7,10H2. The van der Waals surface area contributed by atoms with Crippen LogP contribution in [0, 0.1) is 5.82 Å². The van der Waals surface area contributed by atoms with E-state index in [2.05, 4.69) is 5.32 Å². The Labute approximate surface area is 122 Å². The van der Waals surface area contributed by atoms with Crippen LogP contribution in [0.3, 0.4) is 0 Å². The molecule has 0 radical (unpaired) electrons. The van der Waals surface area contributed by atoms with Gasteiger partial charge < -0.3 is 19.9 Å². The molecule has 3 rings (SSSR count). The maximum Gasteiger partial charge on any atom is 0.165 e. The van der Waals surface area contributed by atoms with Crippen LogP contribution in [0.4, 0.5) is 10.1 Å². The minimum atomic E-state index is -0.618. The zero-order valence-electron chi connectivity index (χ0n) is 11.4. The summed E-state index contributed by atoms with van der Waals surface area (Å²) >= 11 is 0. The summed E-state index contributed by atoms with van der Waals surface area (Å²) in [6, 6.07) is 9.96. The predicted molar refractivity (Wildman–Crippen MR) is 77.4 cm³/mol. The molecule has 21 heavy (non-hydrogen) atoms. The van der Waals surface area contributed by atoms with Gasteiger partial charge >= 0.3 is 0 Å². The molecule has 4 nitrogen and oxygen atoms in total. The van der Waals surface area contributed by atoms with Crippen molar-refractivity contribution in [1.82, 2.24) is 0 Å². The summed E-state index contributed by atoms with van der Waals surface area (Å²) in [7, 11) is 0. The fourth-order valence-corrected chi connectivity index (χ4v) is 2.14. The van der Waals surface area contributed by atoms with E-state index in [-0.39, 0.29) is 5.75 Å². The normalized spacial score (nSPS) is 13.6. The summed E-state index contributed by atoms with van der Waals surface area (Å²) in [5.41, 5.74) is 1.62. The lowest BCUT2D eigenvalue weighted by Crippen LogP contribution is -2.00. The van der Waals surface area contributed by atoms with Crippen LogP contribution in [-0.2, 0) is 6.54 Å². The molecule has 0 bridgehead atoms. The van der Waals surface area contributed by atoms with E-state index in [9.17, 15) is 4.39 Å². The van der Waals surface area contributed by atoms with Crippen LogP contribution in [0.15, 0.2) is 36.4 Å². The smallest absolute Gasteiger partial charge is 0.165 e. The van der Waals surface area contributed by atoms with Crippen molar-refractivity contribution in [2.24, 2.45) is 0 Å². The zero-order valence-corrected chi connectivity index (χ0v) is 11.4. The van der Waals surface area contributed by atoms with Gasteiger partial charge in [0.25, 0.3) is 0 Å². The van der Waals surface area contributed by atoms with Crippen molar-refractivity contribution in [3.8, 4) is 17.2 Å². The Hall–Kier alpha value is -2.43. The van der Waals surface area contributed by atoms with Gasteiger partial charge in [-0.25, -0.2) is 4.39 Å². The minimum absolute atomic E-state index is 0.339. The molecular weight excluding hydrogens is 273 g/mol. The molecule has 1 aliphatic heterocycles.